The van der Waals surface area contributed by atoms with Crippen molar-refractivity contribution in [3.8, 4) is 11.8 Å². The molecule has 0 saturated heterocycles. The molecule has 3 heteroatoms. The monoisotopic (exact) mass is 238 g/mol. The summed E-state index contributed by atoms with van der Waals surface area (Å²) in [6.07, 6.45) is 0. The van der Waals surface area contributed by atoms with E-state index in [2.05, 4.69) is 11.4 Å². The third-order valence-electron chi connectivity index (χ3n) is 2.77. The van der Waals surface area contributed by atoms with E-state index in [0.717, 1.165) is 11.3 Å². The summed E-state index contributed by atoms with van der Waals surface area (Å²) in [4.78, 5) is 0. The fourth-order valence-corrected chi connectivity index (χ4v) is 1.77. The number of benzene rings is 2. The lowest BCUT2D eigenvalue weighted by molar-refractivity contribution is 0.474. The average molecular weight is 238 g/mol. The van der Waals surface area contributed by atoms with Crippen molar-refractivity contribution in [1.29, 1.82) is 5.26 Å². The molecule has 0 unspecified atom stereocenters. The molecule has 0 aliphatic heterocycles. The molecule has 2 rings (SSSR count). The third-order valence-corrected chi connectivity index (χ3v) is 2.77. The Morgan fingerprint density at radius 1 is 1.17 bits per heavy atom. The molecule has 2 aromatic rings. The molecule has 0 aliphatic rings. The van der Waals surface area contributed by atoms with Gasteiger partial charge in [-0.25, -0.2) is 0 Å². The number of hydrogen-bond acceptors (Lipinski definition) is 3. The van der Waals surface area contributed by atoms with Crippen LogP contribution in [0.4, 0.5) is 5.69 Å². The van der Waals surface area contributed by atoms with Gasteiger partial charge in [0.05, 0.1) is 11.6 Å². The second-order valence-electron chi connectivity index (χ2n) is 4.15. The Kier molecular flexibility index (Phi) is 3.49. The molecule has 1 atom stereocenters. The number of hydrogen-bond donors (Lipinski definition) is 2. The number of nitrogens with zero attached hydrogens (tertiary/aromatic N) is 1. The molecule has 2 aromatic carbocycles. The Morgan fingerprint density at radius 2 is 1.89 bits per heavy atom. The summed E-state index contributed by atoms with van der Waals surface area (Å²) < 4.78 is 0. The highest BCUT2D eigenvalue weighted by Crippen LogP contribution is 2.22. The molecular weight excluding hydrogens is 224 g/mol. The first-order valence-corrected chi connectivity index (χ1v) is 5.74. The second-order valence-corrected chi connectivity index (χ2v) is 4.15. The van der Waals surface area contributed by atoms with Crippen molar-refractivity contribution in [2.45, 2.75) is 13.0 Å². The molecule has 3 nitrogen and oxygen atoms in total. The maximum Gasteiger partial charge on any atom is 0.115 e. The molecule has 0 radical (unpaired) electrons. The van der Waals surface area contributed by atoms with Gasteiger partial charge in [-0.3, -0.25) is 0 Å². The molecule has 0 spiro atoms. The zero-order valence-corrected chi connectivity index (χ0v) is 10.1. The first kappa shape index (κ1) is 12.0. The predicted octanol–water partition coefficient (Wildman–Crippen LogP) is 3.44. The van der Waals surface area contributed by atoms with Gasteiger partial charge >= 0.3 is 0 Å². The Bertz CT molecular complexity index is 570. The van der Waals surface area contributed by atoms with Crippen molar-refractivity contribution in [3.05, 3.63) is 59.7 Å². The van der Waals surface area contributed by atoms with E-state index in [1.54, 1.807) is 24.3 Å². The summed E-state index contributed by atoms with van der Waals surface area (Å²) in [5.41, 5.74) is 2.61. The maximum atomic E-state index is 9.43. The number of phenols is 1. The van der Waals surface area contributed by atoms with Gasteiger partial charge in [0.1, 0.15) is 5.75 Å². The normalized spacial score (nSPS) is 11.6. The van der Waals surface area contributed by atoms with E-state index >= 15 is 0 Å². The highest BCUT2D eigenvalue weighted by molar-refractivity contribution is 5.49. The molecule has 0 saturated carbocycles. The van der Waals surface area contributed by atoms with Crippen LogP contribution < -0.4 is 5.32 Å². The minimum Gasteiger partial charge on any atom is -0.508 e. The number of phenolic OH excluding ortho intramolecular Hbond substituents is 1. The van der Waals surface area contributed by atoms with Crippen LogP contribution in [0.3, 0.4) is 0 Å². The van der Waals surface area contributed by atoms with Gasteiger partial charge in [0, 0.05) is 11.7 Å². The van der Waals surface area contributed by atoms with E-state index in [0.29, 0.717) is 5.56 Å². The van der Waals surface area contributed by atoms with Crippen LogP contribution >= 0.6 is 0 Å². The lowest BCUT2D eigenvalue weighted by Gasteiger charge is -2.15. The van der Waals surface area contributed by atoms with Gasteiger partial charge in [-0.15, -0.1) is 0 Å². The number of rotatable bonds is 3. The fourth-order valence-electron chi connectivity index (χ4n) is 1.77. The smallest absolute Gasteiger partial charge is 0.115 e. The maximum absolute atomic E-state index is 9.43. The average Bonchev–Trinajstić information content (AvgIpc) is 2.39. The van der Waals surface area contributed by atoms with Gasteiger partial charge in [-0.2, -0.15) is 5.26 Å². The van der Waals surface area contributed by atoms with Crippen LogP contribution in [0.5, 0.6) is 5.75 Å². The Hall–Kier alpha value is -2.47. The number of aromatic hydroxyl groups is 1. The van der Waals surface area contributed by atoms with Crippen LogP contribution in [0.1, 0.15) is 24.1 Å². The van der Waals surface area contributed by atoms with Gasteiger partial charge in [0.25, 0.3) is 0 Å². The topological polar surface area (TPSA) is 56.0 Å². The number of nitrogens with one attached hydrogen (secondary N) is 1. The zero-order chi connectivity index (χ0) is 13.0. The minimum atomic E-state index is 0.0880. The van der Waals surface area contributed by atoms with Crippen LogP contribution in [0.15, 0.2) is 48.5 Å². The molecule has 18 heavy (non-hydrogen) atoms. The second kappa shape index (κ2) is 5.24. The standard InChI is InChI=1S/C15H14N2O/c1-11(13-3-2-4-15(18)9-13)17-14-7-5-12(10-16)6-8-14/h2-9,11,17-18H,1H3/t11-/m0/s1. The van der Waals surface area contributed by atoms with Gasteiger partial charge in [0.2, 0.25) is 0 Å². The van der Waals surface area contributed by atoms with Crippen LogP contribution in [0.25, 0.3) is 0 Å². The minimum absolute atomic E-state index is 0.0880. The van der Waals surface area contributed by atoms with Crippen molar-refractivity contribution in [3.63, 3.8) is 0 Å². The van der Waals surface area contributed by atoms with E-state index in [1.165, 1.54) is 0 Å². The summed E-state index contributed by atoms with van der Waals surface area (Å²) >= 11 is 0. The number of nitriles is 1. The first-order chi connectivity index (χ1) is 8.69. The van der Waals surface area contributed by atoms with Crippen LogP contribution in [-0.2, 0) is 0 Å². The van der Waals surface area contributed by atoms with Gasteiger partial charge < -0.3 is 10.4 Å². The summed E-state index contributed by atoms with van der Waals surface area (Å²) in [6, 6.07) is 16.6. The Labute approximate surface area is 106 Å². The van der Waals surface area contributed by atoms with Gasteiger partial charge in [0.15, 0.2) is 0 Å². The fraction of sp³-hybridized carbons (Fsp3) is 0.133. The lowest BCUT2D eigenvalue weighted by atomic mass is 10.1. The summed E-state index contributed by atoms with van der Waals surface area (Å²) in [7, 11) is 0. The SMILES string of the molecule is C[C@H](Nc1ccc(C#N)cc1)c1cccc(O)c1. The molecule has 0 amide bonds. The summed E-state index contributed by atoms with van der Waals surface area (Å²) in [5, 5.41) is 21.5. The van der Waals surface area contributed by atoms with Crippen molar-refractivity contribution in [2.75, 3.05) is 5.32 Å². The summed E-state index contributed by atoms with van der Waals surface area (Å²) in [6.45, 7) is 2.02. The van der Waals surface area contributed by atoms with Crippen LogP contribution in [0.2, 0.25) is 0 Å². The molecule has 0 fully saturated rings. The molecular formula is C15H14N2O. The Balaban J connectivity index is 2.11. The highest BCUT2D eigenvalue weighted by Gasteiger charge is 2.05. The summed E-state index contributed by atoms with van der Waals surface area (Å²) in [5.74, 6) is 0.265. The molecule has 2 N–H and O–H groups in total. The van der Waals surface area contributed by atoms with E-state index in [9.17, 15) is 5.11 Å². The van der Waals surface area contributed by atoms with Crippen molar-refractivity contribution < 1.29 is 5.11 Å². The molecule has 0 aliphatic carbocycles. The van der Waals surface area contributed by atoms with E-state index in [4.69, 9.17) is 5.26 Å². The van der Waals surface area contributed by atoms with Crippen LogP contribution in [0, 0.1) is 11.3 Å². The Morgan fingerprint density at radius 3 is 2.50 bits per heavy atom. The number of anilines is 1. The van der Waals surface area contributed by atoms with Crippen LogP contribution in [-0.4, -0.2) is 5.11 Å². The third kappa shape index (κ3) is 2.80. The van der Waals surface area contributed by atoms with E-state index in [-0.39, 0.29) is 11.8 Å². The van der Waals surface area contributed by atoms with Gasteiger partial charge in [-0.1, -0.05) is 12.1 Å². The van der Waals surface area contributed by atoms with Crippen molar-refractivity contribution >= 4 is 5.69 Å². The lowest BCUT2D eigenvalue weighted by Crippen LogP contribution is -2.06. The van der Waals surface area contributed by atoms with Crippen molar-refractivity contribution in [1.82, 2.24) is 0 Å². The largest absolute Gasteiger partial charge is 0.508 e. The predicted molar refractivity (Wildman–Crippen MR) is 71.3 cm³/mol. The quantitative estimate of drug-likeness (QED) is 0.861. The molecule has 0 bridgehead atoms. The van der Waals surface area contributed by atoms with E-state index < -0.39 is 0 Å². The van der Waals surface area contributed by atoms with Gasteiger partial charge in [-0.05, 0) is 48.9 Å². The molecule has 0 heterocycles. The van der Waals surface area contributed by atoms with E-state index in [1.807, 2.05) is 31.2 Å². The zero-order valence-electron chi connectivity index (χ0n) is 10.1. The first-order valence-electron chi connectivity index (χ1n) is 5.74. The molecule has 0 aromatic heterocycles. The highest BCUT2D eigenvalue weighted by atomic mass is 16.3. The van der Waals surface area contributed by atoms with Crippen molar-refractivity contribution in [2.24, 2.45) is 0 Å². The molecule has 90 valence electrons.